The number of rotatable bonds is 5. The van der Waals surface area contributed by atoms with E-state index in [4.69, 9.17) is 0 Å². The van der Waals surface area contributed by atoms with Gasteiger partial charge >= 0.3 is 0 Å². The predicted molar refractivity (Wildman–Crippen MR) is 85.0 cm³/mol. The summed E-state index contributed by atoms with van der Waals surface area (Å²) in [5.74, 6) is -0.169. The topological polar surface area (TPSA) is 35.5 Å². The van der Waals surface area contributed by atoms with Crippen LogP contribution in [-0.2, 0) is 6.54 Å². The van der Waals surface area contributed by atoms with Crippen LogP contribution in [0.4, 0.5) is 10.1 Å². The molecule has 2 N–H and O–H groups in total. The molecule has 0 radical (unpaired) electrons. The third kappa shape index (κ3) is 4.17. The molecule has 0 amide bonds. The largest absolute Gasteiger partial charge is 0.391 e. The average Bonchev–Trinajstić information content (AvgIpc) is 2.93. The van der Waals surface area contributed by atoms with Crippen molar-refractivity contribution in [2.45, 2.75) is 46.3 Å². The molecule has 1 aromatic rings. The summed E-state index contributed by atoms with van der Waals surface area (Å²) in [5, 5.41) is 13.2. The van der Waals surface area contributed by atoms with Crippen LogP contribution >= 0.6 is 0 Å². The Morgan fingerprint density at radius 3 is 2.57 bits per heavy atom. The summed E-state index contributed by atoms with van der Waals surface area (Å²) in [7, 11) is 0. The molecule has 1 aliphatic rings. The van der Waals surface area contributed by atoms with Gasteiger partial charge in [-0.1, -0.05) is 26.8 Å². The van der Waals surface area contributed by atoms with Crippen LogP contribution in [0, 0.1) is 11.2 Å². The third-order valence-electron chi connectivity index (χ3n) is 4.18. The predicted octanol–water partition coefficient (Wildman–Crippen LogP) is 2.92. The zero-order chi connectivity index (χ0) is 15.5. The molecule has 1 heterocycles. The second-order valence-corrected chi connectivity index (χ2v) is 6.94. The maximum absolute atomic E-state index is 14.1. The van der Waals surface area contributed by atoms with E-state index in [9.17, 15) is 9.50 Å². The number of benzene rings is 1. The second-order valence-electron chi connectivity index (χ2n) is 6.94. The van der Waals surface area contributed by atoms with Crippen LogP contribution in [0.5, 0.6) is 0 Å². The van der Waals surface area contributed by atoms with E-state index in [1.165, 1.54) is 18.9 Å². The van der Waals surface area contributed by atoms with Gasteiger partial charge in [-0.05, 0) is 30.4 Å². The van der Waals surface area contributed by atoms with Crippen LogP contribution < -0.4 is 10.2 Å². The molecule has 0 bridgehead atoms. The van der Waals surface area contributed by atoms with Gasteiger partial charge in [0, 0.05) is 37.4 Å². The van der Waals surface area contributed by atoms with Gasteiger partial charge in [-0.2, -0.15) is 0 Å². The van der Waals surface area contributed by atoms with E-state index >= 15 is 0 Å². The summed E-state index contributed by atoms with van der Waals surface area (Å²) in [5.41, 5.74) is 1.53. The van der Waals surface area contributed by atoms with Gasteiger partial charge in [0.2, 0.25) is 0 Å². The molecule has 3 nitrogen and oxygen atoms in total. The van der Waals surface area contributed by atoms with Crippen molar-refractivity contribution in [3.63, 3.8) is 0 Å². The van der Waals surface area contributed by atoms with E-state index in [-0.39, 0.29) is 11.2 Å². The Labute approximate surface area is 127 Å². The van der Waals surface area contributed by atoms with Crippen LogP contribution in [0.2, 0.25) is 0 Å². The molecule has 1 atom stereocenters. The fraction of sp³-hybridized carbons (Fsp3) is 0.647. The average molecular weight is 294 g/mol. The molecule has 0 aliphatic carbocycles. The molecule has 1 fully saturated rings. The first kappa shape index (κ1) is 16.2. The molecule has 21 heavy (non-hydrogen) atoms. The molecule has 0 saturated carbocycles. The number of aliphatic hydroxyl groups excluding tert-OH is 1. The first-order chi connectivity index (χ1) is 9.89. The second kappa shape index (κ2) is 6.75. The van der Waals surface area contributed by atoms with Crippen molar-refractivity contribution in [2.75, 3.05) is 24.5 Å². The van der Waals surface area contributed by atoms with E-state index in [2.05, 4.69) is 10.2 Å². The normalized spacial score (nSPS) is 17.3. The first-order valence-corrected chi connectivity index (χ1v) is 7.80. The molecule has 0 spiro atoms. The Bertz CT molecular complexity index is 464. The van der Waals surface area contributed by atoms with E-state index < -0.39 is 6.10 Å². The molecule has 118 valence electrons. The van der Waals surface area contributed by atoms with Crippen molar-refractivity contribution >= 4 is 5.69 Å². The number of nitrogens with zero attached hydrogens (tertiary/aromatic N) is 1. The van der Waals surface area contributed by atoms with Crippen LogP contribution in [0.15, 0.2) is 18.2 Å². The van der Waals surface area contributed by atoms with Crippen molar-refractivity contribution in [1.82, 2.24) is 5.32 Å². The lowest BCUT2D eigenvalue weighted by atomic mass is 9.89. The standard InChI is InChI=1S/C17H27FN2O/c1-17(2,3)16(21)12-19-11-13-14(18)7-6-8-15(13)20-9-4-5-10-20/h6-8,16,19,21H,4-5,9-12H2,1-3H3. The summed E-state index contributed by atoms with van der Waals surface area (Å²) in [6, 6.07) is 5.28. The zero-order valence-corrected chi connectivity index (χ0v) is 13.3. The van der Waals surface area contributed by atoms with Crippen molar-refractivity contribution in [3.05, 3.63) is 29.6 Å². The lowest BCUT2D eigenvalue weighted by Gasteiger charge is -2.27. The fourth-order valence-electron chi connectivity index (χ4n) is 2.62. The number of hydrogen-bond donors (Lipinski definition) is 2. The first-order valence-electron chi connectivity index (χ1n) is 7.80. The van der Waals surface area contributed by atoms with Crippen molar-refractivity contribution in [1.29, 1.82) is 0 Å². The molecule has 1 aliphatic heterocycles. The van der Waals surface area contributed by atoms with Gasteiger partial charge < -0.3 is 15.3 Å². The number of hydrogen-bond acceptors (Lipinski definition) is 3. The maximum Gasteiger partial charge on any atom is 0.129 e. The molecule has 2 rings (SSSR count). The summed E-state index contributed by atoms with van der Waals surface area (Å²) >= 11 is 0. The molecule has 1 unspecified atom stereocenters. The van der Waals surface area contributed by atoms with E-state index in [1.54, 1.807) is 6.07 Å². The number of halogens is 1. The minimum Gasteiger partial charge on any atom is -0.391 e. The van der Waals surface area contributed by atoms with Gasteiger partial charge in [-0.25, -0.2) is 4.39 Å². The molecular weight excluding hydrogens is 267 g/mol. The third-order valence-corrected chi connectivity index (χ3v) is 4.18. The summed E-state index contributed by atoms with van der Waals surface area (Å²) in [6.07, 6.45) is 1.90. The van der Waals surface area contributed by atoms with Crippen molar-refractivity contribution in [3.8, 4) is 0 Å². The molecule has 0 aromatic heterocycles. The Hall–Kier alpha value is -1.13. The highest BCUT2D eigenvalue weighted by atomic mass is 19.1. The lowest BCUT2D eigenvalue weighted by molar-refractivity contribution is 0.0627. The van der Waals surface area contributed by atoms with Crippen LogP contribution in [0.1, 0.15) is 39.2 Å². The van der Waals surface area contributed by atoms with Gasteiger partial charge in [0.1, 0.15) is 5.82 Å². The maximum atomic E-state index is 14.1. The zero-order valence-electron chi connectivity index (χ0n) is 13.3. The van der Waals surface area contributed by atoms with Crippen molar-refractivity contribution < 1.29 is 9.50 Å². The van der Waals surface area contributed by atoms with Crippen LogP contribution in [0.25, 0.3) is 0 Å². The summed E-state index contributed by atoms with van der Waals surface area (Å²) < 4.78 is 14.1. The Morgan fingerprint density at radius 2 is 1.95 bits per heavy atom. The fourth-order valence-corrected chi connectivity index (χ4v) is 2.62. The molecular formula is C17H27FN2O. The number of anilines is 1. The summed E-state index contributed by atoms with van der Waals surface area (Å²) in [4.78, 5) is 2.25. The van der Waals surface area contributed by atoms with Gasteiger partial charge in [0.05, 0.1) is 6.10 Å². The van der Waals surface area contributed by atoms with Crippen molar-refractivity contribution in [2.24, 2.45) is 5.41 Å². The highest BCUT2D eigenvalue weighted by Gasteiger charge is 2.22. The van der Waals surface area contributed by atoms with E-state index in [0.717, 1.165) is 18.8 Å². The van der Waals surface area contributed by atoms with Gasteiger partial charge in [-0.15, -0.1) is 0 Å². The number of nitrogens with one attached hydrogen (secondary N) is 1. The van der Waals surface area contributed by atoms with E-state index in [0.29, 0.717) is 18.7 Å². The SMILES string of the molecule is CC(C)(C)C(O)CNCc1c(F)cccc1N1CCCC1. The molecule has 1 aromatic carbocycles. The Balaban J connectivity index is 2.02. The van der Waals surface area contributed by atoms with Gasteiger partial charge in [0.25, 0.3) is 0 Å². The highest BCUT2D eigenvalue weighted by molar-refractivity contribution is 5.54. The number of aliphatic hydroxyl groups is 1. The Morgan fingerprint density at radius 1 is 1.29 bits per heavy atom. The van der Waals surface area contributed by atoms with E-state index in [1.807, 2.05) is 26.8 Å². The minimum atomic E-state index is -0.445. The lowest BCUT2D eigenvalue weighted by Crippen LogP contribution is -2.36. The highest BCUT2D eigenvalue weighted by Crippen LogP contribution is 2.26. The quantitative estimate of drug-likeness (QED) is 0.876. The minimum absolute atomic E-state index is 0.167. The van der Waals surface area contributed by atoms with Crippen LogP contribution in [-0.4, -0.2) is 30.8 Å². The molecule has 4 heteroatoms. The van der Waals surface area contributed by atoms with Gasteiger partial charge in [0.15, 0.2) is 0 Å². The summed E-state index contributed by atoms with van der Waals surface area (Å²) in [6.45, 7) is 8.92. The molecule has 1 saturated heterocycles. The monoisotopic (exact) mass is 294 g/mol. The van der Waals surface area contributed by atoms with Crippen LogP contribution in [0.3, 0.4) is 0 Å². The van der Waals surface area contributed by atoms with Gasteiger partial charge in [-0.3, -0.25) is 0 Å². The Kier molecular flexibility index (Phi) is 5.22. The smallest absolute Gasteiger partial charge is 0.129 e.